The van der Waals surface area contributed by atoms with Gasteiger partial charge in [0.05, 0.1) is 11.4 Å². The highest BCUT2D eigenvalue weighted by atomic mass is 16.2. The molecule has 1 amide bonds. The summed E-state index contributed by atoms with van der Waals surface area (Å²) in [6, 6.07) is 14.1. The van der Waals surface area contributed by atoms with Gasteiger partial charge in [-0.3, -0.25) is 4.79 Å². The van der Waals surface area contributed by atoms with E-state index in [9.17, 15) is 4.79 Å². The summed E-state index contributed by atoms with van der Waals surface area (Å²) in [4.78, 5) is 14.9. The highest BCUT2D eigenvalue weighted by Gasteiger charge is 2.23. The lowest BCUT2D eigenvalue weighted by atomic mass is 10.0. The van der Waals surface area contributed by atoms with Gasteiger partial charge in [0.1, 0.15) is 0 Å². The van der Waals surface area contributed by atoms with Crippen molar-refractivity contribution in [3.05, 3.63) is 59.2 Å². The van der Waals surface area contributed by atoms with Gasteiger partial charge in [-0.25, -0.2) is 0 Å². The van der Waals surface area contributed by atoms with Crippen molar-refractivity contribution in [2.75, 3.05) is 23.3 Å². The summed E-state index contributed by atoms with van der Waals surface area (Å²) in [6.45, 7) is 5.66. The first-order chi connectivity index (χ1) is 10.2. The van der Waals surface area contributed by atoms with Crippen molar-refractivity contribution in [1.29, 1.82) is 0 Å². The summed E-state index contributed by atoms with van der Waals surface area (Å²) in [5, 5.41) is 3.39. The minimum Gasteiger partial charge on any atom is -0.383 e. The Kier molecular flexibility index (Phi) is 3.65. The van der Waals surface area contributed by atoms with Gasteiger partial charge in [-0.05, 0) is 44.0 Å². The molecule has 108 valence electrons. The number of aryl methyl sites for hydroxylation is 2. The third-order valence-corrected chi connectivity index (χ3v) is 3.94. The van der Waals surface area contributed by atoms with E-state index in [1.54, 1.807) is 0 Å². The van der Waals surface area contributed by atoms with E-state index in [0.29, 0.717) is 0 Å². The normalized spacial score (nSPS) is 14.1. The van der Waals surface area contributed by atoms with Crippen LogP contribution in [0, 0.1) is 13.8 Å². The molecule has 3 rings (SSSR count). The third kappa shape index (κ3) is 2.64. The smallest absolute Gasteiger partial charge is 0.258 e. The maximum Gasteiger partial charge on any atom is 0.258 e. The van der Waals surface area contributed by atoms with Gasteiger partial charge in [0.2, 0.25) is 0 Å². The number of amides is 1. The maximum atomic E-state index is 13.0. The first-order valence-electron chi connectivity index (χ1n) is 7.39. The van der Waals surface area contributed by atoms with E-state index in [2.05, 4.69) is 5.32 Å². The molecule has 0 radical (unpaired) electrons. The predicted molar refractivity (Wildman–Crippen MR) is 87.1 cm³/mol. The molecule has 2 aromatic carbocycles. The number of carbonyl (C=O) groups excluding carboxylic acids is 1. The van der Waals surface area contributed by atoms with Crippen molar-refractivity contribution >= 4 is 17.3 Å². The largest absolute Gasteiger partial charge is 0.383 e. The SMILES string of the molecule is Cc1ccc(C)c(C(=O)N2CCCNc3ccccc32)c1. The number of nitrogens with zero attached hydrogens (tertiary/aromatic N) is 1. The Balaban J connectivity index is 2.03. The Morgan fingerprint density at radius 3 is 2.81 bits per heavy atom. The van der Waals surface area contributed by atoms with E-state index >= 15 is 0 Å². The number of nitrogens with one attached hydrogen (secondary N) is 1. The molecule has 0 atom stereocenters. The van der Waals surface area contributed by atoms with E-state index in [1.165, 1.54) is 0 Å². The minimum atomic E-state index is 0.0901. The Hall–Kier alpha value is -2.29. The van der Waals surface area contributed by atoms with Gasteiger partial charge < -0.3 is 10.2 Å². The molecule has 0 spiro atoms. The second kappa shape index (κ2) is 5.60. The quantitative estimate of drug-likeness (QED) is 0.862. The Labute approximate surface area is 125 Å². The van der Waals surface area contributed by atoms with Crippen molar-refractivity contribution in [2.45, 2.75) is 20.3 Å². The Bertz CT molecular complexity index is 679. The van der Waals surface area contributed by atoms with Crippen LogP contribution in [0.5, 0.6) is 0 Å². The molecule has 21 heavy (non-hydrogen) atoms. The number of anilines is 2. The van der Waals surface area contributed by atoms with E-state index in [0.717, 1.165) is 47.6 Å². The molecule has 2 aromatic rings. The molecule has 0 aliphatic carbocycles. The van der Waals surface area contributed by atoms with Crippen molar-refractivity contribution in [3.63, 3.8) is 0 Å². The van der Waals surface area contributed by atoms with Crippen LogP contribution in [-0.4, -0.2) is 19.0 Å². The molecule has 1 N–H and O–H groups in total. The van der Waals surface area contributed by atoms with Crippen LogP contribution in [0.15, 0.2) is 42.5 Å². The number of carbonyl (C=O) groups is 1. The monoisotopic (exact) mass is 280 g/mol. The molecular weight excluding hydrogens is 260 g/mol. The molecule has 0 bridgehead atoms. The lowest BCUT2D eigenvalue weighted by Crippen LogP contribution is -2.32. The van der Waals surface area contributed by atoms with Crippen LogP contribution >= 0.6 is 0 Å². The lowest BCUT2D eigenvalue weighted by molar-refractivity contribution is 0.0986. The summed E-state index contributed by atoms with van der Waals surface area (Å²) in [5.74, 6) is 0.0901. The van der Waals surface area contributed by atoms with Gasteiger partial charge in [0, 0.05) is 18.7 Å². The molecule has 0 saturated carbocycles. The summed E-state index contributed by atoms with van der Waals surface area (Å²) in [7, 11) is 0. The van der Waals surface area contributed by atoms with Gasteiger partial charge in [-0.1, -0.05) is 29.8 Å². The molecule has 1 aliphatic rings. The zero-order valence-electron chi connectivity index (χ0n) is 12.5. The van der Waals surface area contributed by atoms with E-state index in [1.807, 2.05) is 61.2 Å². The van der Waals surface area contributed by atoms with E-state index < -0.39 is 0 Å². The first-order valence-corrected chi connectivity index (χ1v) is 7.39. The topological polar surface area (TPSA) is 32.3 Å². The highest BCUT2D eigenvalue weighted by Crippen LogP contribution is 2.29. The van der Waals surface area contributed by atoms with Gasteiger partial charge in [-0.15, -0.1) is 0 Å². The van der Waals surface area contributed by atoms with Crippen LogP contribution in [0.4, 0.5) is 11.4 Å². The summed E-state index contributed by atoms with van der Waals surface area (Å²) < 4.78 is 0. The fraction of sp³-hybridized carbons (Fsp3) is 0.278. The molecular formula is C18H20N2O. The number of rotatable bonds is 1. The zero-order valence-corrected chi connectivity index (χ0v) is 12.5. The molecule has 3 heteroatoms. The second-order valence-electron chi connectivity index (χ2n) is 5.57. The minimum absolute atomic E-state index is 0.0901. The highest BCUT2D eigenvalue weighted by molar-refractivity contribution is 6.08. The van der Waals surface area contributed by atoms with Gasteiger partial charge in [0.25, 0.3) is 5.91 Å². The van der Waals surface area contributed by atoms with Crippen LogP contribution in [0.1, 0.15) is 27.9 Å². The molecule has 0 unspecified atom stereocenters. The van der Waals surface area contributed by atoms with Crippen LogP contribution in [0.2, 0.25) is 0 Å². The van der Waals surface area contributed by atoms with Crippen LogP contribution < -0.4 is 10.2 Å². The molecule has 0 fully saturated rings. The van der Waals surface area contributed by atoms with Crippen molar-refractivity contribution in [1.82, 2.24) is 0 Å². The van der Waals surface area contributed by atoms with Crippen molar-refractivity contribution in [2.24, 2.45) is 0 Å². The number of hydrogen-bond donors (Lipinski definition) is 1. The fourth-order valence-electron chi connectivity index (χ4n) is 2.76. The maximum absolute atomic E-state index is 13.0. The molecule has 0 saturated heterocycles. The number of para-hydroxylation sites is 2. The van der Waals surface area contributed by atoms with E-state index in [4.69, 9.17) is 0 Å². The van der Waals surface area contributed by atoms with Gasteiger partial charge >= 0.3 is 0 Å². The number of fused-ring (bicyclic) bond motifs is 1. The molecule has 0 aromatic heterocycles. The molecule has 3 nitrogen and oxygen atoms in total. The standard InChI is InChI=1S/C18H20N2O/c1-13-8-9-14(2)15(12-13)18(21)20-11-5-10-19-16-6-3-4-7-17(16)20/h3-4,6-9,12,19H,5,10-11H2,1-2H3. The first kappa shape index (κ1) is 13.7. The summed E-state index contributed by atoms with van der Waals surface area (Å²) >= 11 is 0. The summed E-state index contributed by atoms with van der Waals surface area (Å²) in [6.07, 6.45) is 0.950. The lowest BCUT2D eigenvalue weighted by Gasteiger charge is -2.23. The number of hydrogen-bond acceptors (Lipinski definition) is 2. The van der Waals surface area contributed by atoms with Crippen molar-refractivity contribution < 1.29 is 4.79 Å². The van der Waals surface area contributed by atoms with Crippen LogP contribution in [0.25, 0.3) is 0 Å². The van der Waals surface area contributed by atoms with E-state index in [-0.39, 0.29) is 5.91 Å². The van der Waals surface area contributed by atoms with Crippen LogP contribution in [0.3, 0.4) is 0 Å². The summed E-state index contributed by atoms with van der Waals surface area (Å²) in [5.41, 5.74) is 4.95. The van der Waals surface area contributed by atoms with Crippen molar-refractivity contribution in [3.8, 4) is 0 Å². The average molecular weight is 280 g/mol. The molecule has 1 heterocycles. The molecule has 1 aliphatic heterocycles. The average Bonchev–Trinajstić information content (AvgIpc) is 2.71. The zero-order chi connectivity index (χ0) is 14.8. The number of benzene rings is 2. The Morgan fingerprint density at radius 1 is 1.14 bits per heavy atom. The second-order valence-corrected chi connectivity index (χ2v) is 5.57. The predicted octanol–water partition coefficient (Wildman–Crippen LogP) is 3.77. The van der Waals surface area contributed by atoms with Gasteiger partial charge in [0.15, 0.2) is 0 Å². The van der Waals surface area contributed by atoms with Gasteiger partial charge in [-0.2, -0.15) is 0 Å². The third-order valence-electron chi connectivity index (χ3n) is 3.94. The van der Waals surface area contributed by atoms with Crippen LogP contribution in [-0.2, 0) is 0 Å². The fourth-order valence-corrected chi connectivity index (χ4v) is 2.76. The Morgan fingerprint density at radius 2 is 1.95 bits per heavy atom.